The molecular formula is C20H10ClF2NO3S2. The van der Waals surface area contributed by atoms with Gasteiger partial charge in [-0.2, -0.15) is 0 Å². The highest BCUT2D eigenvalue weighted by atomic mass is 35.5. The minimum absolute atomic E-state index is 0.0897. The molecule has 0 radical (unpaired) electrons. The van der Waals surface area contributed by atoms with Crippen LogP contribution in [-0.2, 0) is 6.42 Å². The van der Waals surface area contributed by atoms with Crippen molar-refractivity contribution in [1.29, 1.82) is 0 Å². The smallest absolute Gasteiger partial charge is 0.337 e. The summed E-state index contributed by atoms with van der Waals surface area (Å²) in [6.45, 7) is 0. The lowest BCUT2D eigenvalue weighted by Crippen LogP contribution is -2.07. The maximum atomic E-state index is 14.3. The second-order valence-electron chi connectivity index (χ2n) is 6.10. The minimum Gasteiger partial charge on any atom is -0.478 e. The highest BCUT2D eigenvalue weighted by Gasteiger charge is 2.24. The van der Waals surface area contributed by atoms with Gasteiger partial charge in [0.2, 0.25) is 0 Å². The lowest BCUT2D eigenvalue weighted by molar-refractivity contribution is 0.0697. The number of thiophene rings is 1. The summed E-state index contributed by atoms with van der Waals surface area (Å²) in [4.78, 5) is 28.9. The van der Waals surface area contributed by atoms with E-state index in [4.69, 9.17) is 11.6 Å². The molecule has 0 bridgehead atoms. The molecule has 2 aromatic heterocycles. The molecular weight excluding hydrogens is 440 g/mol. The number of aromatic carboxylic acids is 1. The van der Waals surface area contributed by atoms with Gasteiger partial charge in [0.1, 0.15) is 11.6 Å². The summed E-state index contributed by atoms with van der Waals surface area (Å²) in [6, 6.07) is 8.34. The number of ketones is 1. The molecule has 4 rings (SSSR count). The van der Waals surface area contributed by atoms with Crippen molar-refractivity contribution >= 4 is 56.2 Å². The molecule has 0 amide bonds. The number of benzene rings is 2. The van der Waals surface area contributed by atoms with Crippen LogP contribution in [0.1, 0.15) is 25.7 Å². The summed E-state index contributed by atoms with van der Waals surface area (Å²) in [5, 5.41) is 11.5. The van der Waals surface area contributed by atoms with Gasteiger partial charge >= 0.3 is 5.97 Å². The number of carboxylic acids is 1. The van der Waals surface area contributed by atoms with Crippen molar-refractivity contribution in [3.8, 4) is 10.4 Å². The highest BCUT2D eigenvalue weighted by molar-refractivity contribution is 7.20. The third-order valence-corrected chi connectivity index (χ3v) is 6.63. The van der Waals surface area contributed by atoms with Crippen LogP contribution < -0.4 is 0 Å². The molecule has 146 valence electrons. The molecule has 0 saturated heterocycles. The van der Waals surface area contributed by atoms with Crippen LogP contribution in [0, 0.1) is 11.6 Å². The molecule has 0 fully saturated rings. The average Bonchev–Trinajstić information content (AvgIpc) is 3.27. The molecule has 29 heavy (non-hydrogen) atoms. The topological polar surface area (TPSA) is 67.3 Å². The number of rotatable bonds is 5. The van der Waals surface area contributed by atoms with Gasteiger partial charge in [-0.3, -0.25) is 4.79 Å². The first-order valence-electron chi connectivity index (χ1n) is 8.22. The Morgan fingerprint density at radius 2 is 1.93 bits per heavy atom. The number of carbonyl (C=O) groups excluding carboxylic acids is 1. The van der Waals surface area contributed by atoms with Gasteiger partial charge in [0, 0.05) is 17.0 Å². The van der Waals surface area contributed by atoms with E-state index in [2.05, 4.69) is 4.98 Å². The summed E-state index contributed by atoms with van der Waals surface area (Å²) in [5.74, 6) is -2.83. The number of halogens is 3. The van der Waals surface area contributed by atoms with E-state index in [1.165, 1.54) is 29.6 Å². The third-order valence-electron chi connectivity index (χ3n) is 4.21. The number of fused-ring (bicyclic) bond motifs is 1. The van der Waals surface area contributed by atoms with E-state index in [0.29, 0.717) is 5.52 Å². The van der Waals surface area contributed by atoms with Crippen LogP contribution >= 0.6 is 34.3 Å². The molecule has 0 aliphatic heterocycles. The van der Waals surface area contributed by atoms with Gasteiger partial charge < -0.3 is 5.11 Å². The summed E-state index contributed by atoms with van der Waals surface area (Å²) in [5.41, 5.74) is 0.567. The van der Waals surface area contributed by atoms with Crippen molar-refractivity contribution < 1.29 is 23.5 Å². The fourth-order valence-corrected chi connectivity index (χ4v) is 5.07. The molecule has 0 unspecified atom stereocenters. The average molecular weight is 450 g/mol. The van der Waals surface area contributed by atoms with Gasteiger partial charge in [0.05, 0.1) is 20.7 Å². The minimum atomic E-state index is -1.27. The number of hydrogen-bond donors (Lipinski definition) is 1. The fraction of sp³-hybridized carbons (Fsp3) is 0.0500. The van der Waals surface area contributed by atoms with Gasteiger partial charge in [-0.15, -0.1) is 22.7 Å². The van der Waals surface area contributed by atoms with E-state index in [1.54, 1.807) is 6.07 Å². The number of aromatic nitrogens is 1. The molecule has 0 spiro atoms. The van der Waals surface area contributed by atoms with Crippen LogP contribution in [0.15, 0.2) is 41.8 Å². The van der Waals surface area contributed by atoms with Crippen molar-refractivity contribution in [2.75, 3.05) is 0 Å². The Labute approximate surface area is 176 Å². The van der Waals surface area contributed by atoms with Crippen molar-refractivity contribution in [3.63, 3.8) is 0 Å². The van der Waals surface area contributed by atoms with Crippen LogP contribution in [0.4, 0.5) is 8.78 Å². The molecule has 9 heteroatoms. The number of nitrogens with zero attached hydrogens (tertiary/aromatic N) is 1. The third kappa shape index (κ3) is 3.66. The van der Waals surface area contributed by atoms with E-state index in [1.807, 2.05) is 0 Å². The molecule has 4 aromatic rings. The van der Waals surface area contributed by atoms with Gasteiger partial charge in [-0.25, -0.2) is 18.6 Å². The Kier molecular flexibility index (Phi) is 5.16. The second kappa shape index (κ2) is 7.62. The van der Waals surface area contributed by atoms with E-state index < -0.39 is 23.4 Å². The lowest BCUT2D eigenvalue weighted by Gasteiger charge is -2.05. The summed E-state index contributed by atoms with van der Waals surface area (Å²) in [7, 11) is 0. The van der Waals surface area contributed by atoms with E-state index in [0.717, 1.165) is 28.7 Å². The van der Waals surface area contributed by atoms with Crippen LogP contribution in [0.2, 0.25) is 5.02 Å². The number of carbonyl (C=O) groups is 2. The van der Waals surface area contributed by atoms with Crippen molar-refractivity contribution in [1.82, 2.24) is 4.98 Å². The van der Waals surface area contributed by atoms with Gasteiger partial charge in [-0.05, 0) is 41.3 Å². The monoisotopic (exact) mass is 449 g/mol. The highest BCUT2D eigenvalue weighted by Crippen LogP contribution is 2.36. The predicted octanol–water partition coefficient (Wildman–Crippen LogP) is 6.08. The molecule has 0 saturated carbocycles. The van der Waals surface area contributed by atoms with Crippen LogP contribution in [0.3, 0.4) is 0 Å². The first-order chi connectivity index (χ1) is 13.8. The van der Waals surface area contributed by atoms with Crippen LogP contribution in [0.5, 0.6) is 0 Å². The van der Waals surface area contributed by atoms with Gasteiger partial charge in [0.15, 0.2) is 10.8 Å². The lowest BCUT2D eigenvalue weighted by atomic mass is 10.0. The molecule has 0 aliphatic carbocycles. The van der Waals surface area contributed by atoms with Crippen LogP contribution in [0.25, 0.3) is 20.7 Å². The Hall–Kier alpha value is -2.68. The first kappa shape index (κ1) is 19.6. The molecule has 2 heterocycles. The SMILES string of the molecule is O=C(Cc1csc(-c2ccc(Cl)cc2F)c1C(=O)O)c1nc2cccc(F)c2s1. The second-order valence-corrected chi connectivity index (χ2v) is 8.42. The maximum absolute atomic E-state index is 14.3. The Balaban J connectivity index is 1.71. The van der Waals surface area contributed by atoms with Gasteiger partial charge in [0.25, 0.3) is 0 Å². The number of carboxylic acid groups (broad SMARTS) is 1. The molecule has 1 N–H and O–H groups in total. The Morgan fingerprint density at radius 1 is 1.14 bits per heavy atom. The van der Waals surface area contributed by atoms with E-state index in [-0.39, 0.29) is 42.7 Å². The number of hydrogen-bond acceptors (Lipinski definition) is 5. The largest absolute Gasteiger partial charge is 0.478 e. The summed E-state index contributed by atoms with van der Waals surface area (Å²) in [6.07, 6.45) is -0.241. The van der Waals surface area contributed by atoms with Crippen molar-refractivity contribution in [2.45, 2.75) is 6.42 Å². The standard InChI is InChI=1S/C20H10ClF2NO3S2/c21-10-4-5-11(13(23)7-10)17-16(20(26)27)9(8-28-17)6-15(25)19-24-14-3-1-2-12(22)18(14)29-19/h1-5,7-8H,6H2,(H,26,27). The normalized spacial score (nSPS) is 11.1. The summed E-state index contributed by atoms with van der Waals surface area (Å²) >= 11 is 7.71. The van der Waals surface area contributed by atoms with Crippen molar-refractivity contribution in [3.05, 3.63) is 74.6 Å². The molecule has 0 aliphatic rings. The molecule has 2 aromatic carbocycles. The Bertz CT molecular complexity index is 1280. The Morgan fingerprint density at radius 3 is 2.62 bits per heavy atom. The zero-order valence-corrected chi connectivity index (χ0v) is 16.8. The molecule has 4 nitrogen and oxygen atoms in total. The quantitative estimate of drug-likeness (QED) is 0.375. The van der Waals surface area contributed by atoms with E-state index >= 15 is 0 Å². The zero-order valence-electron chi connectivity index (χ0n) is 14.4. The van der Waals surface area contributed by atoms with Crippen LogP contribution in [-0.4, -0.2) is 21.8 Å². The van der Waals surface area contributed by atoms with Gasteiger partial charge in [-0.1, -0.05) is 17.7 Å². The zero-order chi connectivity index (χ0) is 20.7. The van der Waals surface area contributed by atoms with Crippen molar-refractivity contribution in [2.24, 2.45) is 0 Å². The number of thiazole rings is 1. The molecule has 0 atom stereocenters. The summed E-state index contributed by atoms with van der Waals surface area (Å²) < 4.78 is 28.4. The maximum Gasteiger partial charge on any atom is 0.337 e. The first-order valence-corrected chi connectivity index (χ1v) is 10.3. The number of Topliss-reactive ketones (excluding diaryl/α,β-unsaturated/α-hetero) is 1. The predicted molar refractivity (Wildman–Crippen MR) is 109 cm³/mol. The van der Waals surface area contributed by atoms with E-state index in [9.17, 15) is 23.5 Å². The fourth-order valence-electron chi connectivity index (χ4n) is 2.91.